The number of hydrogen-bond acceptors (Lipinski definition) is 0. The summed E-state index contributed by atoms with van der Waals surface area (Å²) in [6.07, 6.45) is 13.9. The maximum Gasteiger partial charge on any atom is 0.0507 e. The molecule has 0 heterocycles. The summed E-state index contributed by atoms with van der Waals surface area (Å²) in [6.45, 7) is 5.36. The van der Waals surface area contributed by atoms with Crippen LogP contribution in [0.3, 0.4) is 0 Å². The second-order valence-electron chi connectivity index (χ2n) is 6.68. The van der Waals surface area contributed by atoms with Gasteiger partial charge in [0, 0.05) is 0 Å². The minimum atomic E-state index is -0.858. The molecule has 1 heteroatoms. The fourth-order valence-corrected chi connectivity index (χ4v) is 8.21. The van der Waals surface area contributed by atoms with E-state index in [-0.39, 0.29) is 0 Å². The van der Waals surface area contributed by atoms with Gasteiger partial charge in [-0.05, 0) is 11.5 Å². The topological polar surface area (TPSA) is 0 Å². The van der Waals surface area contributed by atoms with Crippen LogP contribution in [0.2, 0.25) is 24.7 Å². The Bertz CT molecular complexity index is 186. The van der Waals surface area contributed by atoms with Gasteiger partial charge in [-0.1, -0.05) is 76.9 Å². The van der Waals surface area contributed by atoms with Gasteiger partial charge in [0.05, 0.1) is 8.07 Å². The third-order valence-electron chi connectivity index (χ3n) is 5.00. The first kappa shape index (κ1) is 11.7. The highest BCUT2D eigenvalue weighted by Crippen LogP contribution is 2.43. The Balaban J connectivity index is 1.84. The zero-order valence-corrected chi connectivity index (χ0v) is 11.7. The molecule has 2 fully saturated rings. The van der Waals surface area contributed by atoms with Crippen LogP contribution in [0.4, 0.5) is 0 Å². The van der Waals surface area contributed by atoms with E-state index in [2.05, 4.69) is 13.1 Å². The van der Waals surface area contributed by atoms with Crippen LogP contribution in [0.1, 0.15) is 57.8 Å². The van der Waals surface area contributed by atoms with E-state index >= 15 is 0 Å². The van der Waals surface area contributed by atoms with Crippen molar-refractivity contribution in [1.29, 1.82) is 0 Å². The molecule has 15 heavy (non-hydrogen) atoms. The van der Waals surface area contributed by atoms with E-state index in [4.69, 9.17) is 0 Å². The van der Waals surface area contributed by atoms with Crippen molar-refractivity contribution in [2.24, 2.45) is 5.92 Å². The van der Waals surface area contributed by atoms with Gasteiger partial charge in [0.15, 0.2) is 0 Å². The first-order valence-electron chi connectivity index (χ1n) is 7.18. The van der Waals surface area contributed by atoms with E-state index in [9.17, 15) is 0 Å². The number of rotatable bonds is 3. The molecule has 0 N–H and O–H groups in total. The largest absolute Gasteiger partial charge is 0.0691 e. The average Bonchev–Trinajstić information content (AvgIpc) is 2.71. The molecule has 88 valence electrons. The summed E-state index contributed by atoms with van der Waals surface area (Å²) in [5.74, 6) is 1.13. The molecule has 0 bridgehead atoms. The molecule has 0 nitrogen and oxygen atoms in total. The predicted octanol–water partition coefficient (Wildman–Crippen LogP) is 5.22. The van der Waals surface area contributed by atoms with E-state index in [0.717, 1.165) is 5.92 Å². The van der Waals surface area contributed by atoms with Crippen LogP contribution in [0, 0.1) is 5.92 Å². The van der Waals surface area contributed by atoms with Gasteiger partial charge in [-0.15, -0.1) is 0 Å². The van der Waals surface area contributed by atoms with Crippen LogP contribution in [-0.4, -0.2) is 8.07 Å². The molecule has 0 aromatic heterocycles. The van der Waals surface area contributed by atoms with Gasteiger partial charge < -0.3 is 0 Å². The minimum Gasteiger partial charge on any atom is -0.0691 e. The Hall–Kier alpha value is 0.217. The minimum absolute atomic E-state index is 0.858. The van der Waals surface area contributed by atoms with E-state index in [1.54, 1.807) is 31.7 Å². The molecule has 0 unspecified atom stereocenters. The van der Waals surface area contributed by atoms with Crippen molar-refractivity contribution < 1.29 is 0 Å². The van der Waals surface area contributed by atoms with Gasteiger partial charge in [-0.2, -0.15) is 0 Å². The SMILES string of the molecule is C[Si](C)(CC1CCCCC1)C1CCCC1. The summed E-state index contributed by atoms with van der Waals surface area (Å²) in [7, 11) is -0.858. The van der Waals surface area contributed by atoms with Crippen LogP contribution in [0.5, 0.6) is 0 Å². The highest BCUT2D eigenvalue weighted by molar-refractivity contribution is 6.78. The van der Waals surface area contributed by atoms with E-state index < -0.39 is 8.07 Å². The Morgan fingerprint density at radius 3 is 1.93 bits per heavy atom. The molecule has 0 amide bonds. The molecule has 0 atom stereocenters. The highest BCUT2D eigenvalue weighted by Gasteiger charge is 2.35. The quantitative estimate of drug-likeness (QED) is 0.577. The molecule has 2 rings (SSSR count). The lowest BCUT2D eigenvalue weighted by Gasteiger charge is -2.35. The van der Waals surface area contributed by atoms with Crippen molar-refractivity contribution in [3.8, 4) is 0 Å². The molecular weight excluding hydrogens is 196 g/mol. The van der Waals surface area contributed by atoms with E-state index in [1.165, 1.54) is 37.6 Å². The van der Waals surface area contributed by atoms with Gasteiger partial charge in [0.25, 0.3) is 0 Å². The maximum absolute atomic E-state index is 2.68. The molecule has 0 spiro atoms. The van der Waals surface area contributed by atoms with Crippen LogP contribution >= 0.6 is 0 Å². The second-order valence-corrected chi connectivity index (χ2v) is 11.9. The van der Waals surface area contributed by atoms with Gasteiger partial charge in [-0.3, -0.25) is 0 Å². The van der Waals surface area contributed by atoms with Gasteiger partial charge in [0.1, 0.15) is 0 Å². The maximum atomic E-state index is 2.68. The molecule has 0 saturated heterocycles. The van der Waals surface area contributed by atoms with Crippen LogP contribution < -0.4 is 0 Å². The van der Waals surface area contributed by atoms with Gasteiger partial charge in [0.2, 0.25) is 0 Å². The highest BCUT2D eigenvalue weighted by atomic mass is 28.3. The van der Waals surface area contributed by atoms with Crippen molar-refractivity contribution in [3.05, 3.63) is 0 Å². The lowest BCUT2D eigenvalue weighted by Crippen LogP contribution is -2.34. The summed E-state index contributed by atoms with van der Waals surface area (Å²) >= 11 is 0. The van der Waals surface area contributed by atoms with E-state index in [1.807, 2.05) is 0 Å². The van der Waals surface area contributed by atoms with Crippen molar-refractivity contribution >= 4 is 8.07 Å². The van der Waals surface area contributed by atoms with Crippen LogP contribution in [0.25, 0.3) is 0 Å². The van der Waals surface area contributed by atoms with Crippen molar-refractivity contribution in [2.75, 3.05) is 0 Å². The molecule has 2 saturated carbocycles. The molecule has 2 aliphatic rings. The summed E-state index contributed by atoms with van der Waals surface area (Å²) in [5.41, 5.74) is 1.18. The zero-order chi connectivity index (χ0) is 10.7. The van der Waals surface area contributed by atoms with Crippen molar-refractivity contribution in [2.45, 2.75) is 82.5 Å². The summed E-state index contributed by atoms with van der Waals surface area (Å²) in [5, 5.41) is 0. The zero-order valence-electron chi connectivity index (χ0n) is 10.7. The second kappa shape index (κ2) is 5.03. The fraction of sp³-hybridized carbons (Fsp3) is 1.00. The summed E-state index contributed by atoms with van der Waals surface area (Å²) in [4.78, 5) is 0. The third kappa shape index (κ3) is 3.09. The van der Waals surface area contributed by atoms with Crippen molar-refractivity contribution in [3.63, 3.8) is 0 Å². The third-order valence-corrected chi connectivity index (χ3v) is 9.42. The Morgan fingerprint density at radius 1 is 0.800 bits per heavy atom. The first-order chi connectivity index (χ1) is 7.18. The molecule has 0 aromatic carbocycles. The lowest BCUT2D eigenvalue weighted by molar-refractivity contribution is 0.380. The Kier molecular flexibility index (Phi) is 3.92. The van der Waals surface area contributed by atoms with E-state index in [0.29, 0.717) is 0 Å². The smallest absolute Gasteiger partial charge is 0.0507 e. The molecule has 0 aromatic rings. The molecule has 2 aliphatic carbocycles. The monoisotopic (exact) mass is 224 g/mol. The number of hydrogen-bond donors (Lipinski definition) is 0. The molecular formula is C14H28Si. The Morgan fingerprint density at radius 2 is 1.33 bits per heavy atom. The van der Waals surface area contributed by atoms with Crippen molar-refractivity contribution in [1.82, 2.24) is 0 Å². The van der Waals surface area contributed by atoms with Crippen LogP contribution in [-0.2, 0) is 0 Å². The normalized spacial score (nSPS) is 26.0. The van der Waals surface area contributed by atoms with Crippen LogP contribution in [0.15, 0.2) is 0 Å². The molecule has 0 radical (unpaired) electrons. The van der Waals surface area contributed by atoms with Gasteiger partial charge >= 0.3 is 0 Å². The molecule has 0 aliphatic heterocycles. The summed E-state index contributed by atoms with van der Waals surface area (Å²) in [6, 6.07) is 1.65. The fourth-order valence-electron chi connectivity index (χ4n) is 4.01. The van der Waals surface area contributed by atoms with Gasteiger partial charge in [-0.25, -0.2) is 0 Å². The Labute approximate surface area is 96.9 Å². The first-order valence-corrected chi connectivity index (χ1v) is 10.5. The average molecular weight is 224 g/mol. The summed E-state index contributed by atoms with van der Waals surface area (Å²) < 4.78 is 0. The standard InChI is InChI=1S/C14H28Si/c1-15(2,14-10-6-7-11-14)12-13-8-4-3-5-9-13/h13-14H,3-12H2,1-2H3. The predicted molar refractivity (Wildman–Crippen MR) is 71.1 cm³/mol. The lowest BCUT2D eigenvalue weighted by atomic mass is 9.91.